The van der Waals surface area contributed by atoms with E-state index in [1.54, 1.807) is 21.9 Å². The van der Waals surface area contributed by atoms with Gasteiger partial charge in [0.25, 0.3) is 11.8 Å². The van der Waals surface area contributed by atoms with E-state index in [0.717, 1.165) is 0 Å². The minimum Gasteiger partial charge on any atom is -0.335 e. The normalized spacial score (nSPS) is 14.2. The van der Waals surface area contributed by atoms with Crippen LogP contribution < -0.4 is 0 Å². The van der Waals surface area contributed by atoms with Gasteiger partial charge in [-0.05, 0) is 34.7 Å². The Hall–Kier alpha value is -3.55. The second-order valence-corrected chi connectivity index (χ2v) is 6.22. The third kappa shape index (κ3) is 3.41. The Morgan fingerprint density at radius 1 is 0.778 bits per heavy atom. The van der Waals surface area contributed by atoms with Gasteiger partial charge in [-0.2, -0.15) is 4.68 Å². The first-order chi connectivity index (χ1) is 13.2. The number of hydrogen-bond donors (Lipinski definition) is 0. The number of carbonyl (C=O) groups excluding carboxylic acids is 2. The molecule has 27 heavy (non-hydrogen) atoms. The summed E-state index contributed by atoms with van der Waals surface area (Å²) in [5.41, 5.74) is 1.84. The highest BCUT2D eigenvalue weighted by molar-refractivity contribution is 5.98. The molecule has 8 heteroatoms. The number of nitrogens with zero attached hydrogens (tertiary/aromatic N) is 6. The summed E-state index contributed by atoms with van der Waals surface area (Å²) in [6.45, 7) is 1.99. The first kappa shape index (κ1) is 16.9. The Kier molecular flexibility index (Phi) is 4.61. The molecule has 1 aromatic heterocycles. The predicted molar refractivity (Wildman–Crippen MR) is 97.4 cm³/mol. The summed E-state index contributed by atoms with van der Waals surface area (Å²) in [7, 11) is 0. The second-order valence-electron chi connectivity index (χ2n) is 6.22. The van der Waals surface area contributed by atoms with E-state index in [1.165, 1.54) is 11.0 Å². The van der Waals surface area contributed by atoms with Gasteiger partial charge in [-0.1, -0.05) is 30.3 Å². The quantitative estimate of drug-likeness (QED) is 0.700. The summed E-state index contributed by atoms with van der Waals surface area (Å²) in [4.78, 5) is 29.1. The third-order valence-corrected chi connectivity index (χ3v) is 4.61. The molecule has 2 heterocycles. The summed E-state index contributed by atoms with van der Waals surface area (Å²) < 4.78 is 1.47. The van der Waals surface area contributed by atoms with Gasteiger partial charge in [0.05, 0.1) is 11.3 Å². The lowest BCUT2D eigenvalue weighted by atomic mass is 10.1. The Balaban J connectivity index is 1.46. The summed E-state index contributed by atoms with van der Waals surface area (Å²) in [5, 5.41) is 11.1. The zero-order valence-electron chi connectivity index (χ0n) is 14.6. The molecule has 2 amide bonds. The van der Waals surface area contributed by atoms with Crippen LogP contribution in [-0.2, 0) is 0 Å². The van der Waals surface area contributed by atoms with Crippen molar-refractivity contribution in [2.75, 3.05) is 26.2 Å². The first-order valence-corrected chi connectivity index (χ1v) is 8.70. The predicted octanol–water partition coefficient (Wildman–Crippen LogP) is 1.26. The fraction of sp³-hybridized carbons (Fsp3) is 0.211. The van der Waals surface area contributed by atoms with Crippen molar-refractivity contribution in [1.82, 2.24) is 30.0 Å². The molecule has 0 bridgehead atoms. The minimum atomic E-state index is -0.0899. The lowest BCUT2D eigenvalue weighted by Gasteiger charge is -2.35. The van der Waals surface area contributed by atoms with Crippen LogP contribution in [0.15, 0.2) is 60.9 Å². The SMILES string of the molecule is O=C(c1ccccc1)N1CCN(C(=O)c2ccccc2-n2cnnn2)CC1. The highest BCUT2D eigenvalue weighted by Crippen LogP contribution is 2.17. The van der Waals surface area contributed by atoms with E-state index in [2.05, 4.69) is 15.5 Å². The number of aromatic nitrogens is 4. The molecular formula is C19H18N6O2. The number of benzene rings is 2. The average Bonchev–Trinajstić information content (AvgIpc) is 3.28. The fourth-order valence-electron chi connectivity index (χ4n) is 3.17. The largest absolute Gasteiger partial charge is 0.335 e. The Bertz CT molecular complexity index is 934. The van der Waals surface area contributed by atoms with Crippen LogP contribution in [0.2, 0.25) is 0 Å². The zero-order chi connectivity index (χ0) is 18.6. The van der Waals surface area contributed by atoms with Gasteiger partial charge in [0, 0.05) is 31.7 Å². The number of piperazine rings is 1. The zero-order valence-corrected chi connectivity index (χ0v) is 14.6. The standard InChI is InChI=1S/C19H18N6O2/c26-18(15-6-2-1-3-7-15)23-10-12-24(13-11-23)19(27)16-8-4-5-9-17(16)25-14-20-21-22-25/h1-9,14H,10-13H2. The molecule has 0 unspecified atom stereocenters. The van der Waals surface area contributed by atoms with E-state index in [9.17, 15) is 9.59 Å². The van der Waals surface area contributed by atoms with Gasteiger partial charge in [0.2, 0.25) is 0 Å². The fourth-order valence-corrected chi connectivity index (χ4v) is 3.17. The molecule has 0 spiro atoms. The Morgan fingerprint density at radius 2 is 1.41 bits per heavy atom. The number of hydrogen-bond acceptors (Lipinski definition) is 5. The first-order valence-electron chi connectivity index (χ1n) is 8.70. The van der Waals surface area contributed by atoms with Crippen LogP contribution in [-0.4, -0.2) is 68.0 Å². The maximum atomic E-state index is 13.0. The Labute approximate surface area is 156 Å². The monoisotopic (exact) mass is 362 g/mol. The van der Waals surface area contributed by atoms with Gasteiger partial charge >= 0.3 is 0 Å². The number of carbonyl (C=O) groups is 2. The molecule has 8 nitrogen and oxygen atoms in total. The molecule has 2 aromatic carbocycles. The van der Waals surface area contributed by atoms with Gasteiger partial charge in [0.15, 0.2) is 0 Å². The van der Waals surface area contributed by atoms with E-state index in [0.29, 0.717) is 43.0 Å². The molecule has 0 aliphatic carbocycles. The second kappa shape index (κ2) is 7.36. The molecule has 1 saturated heterocycles. The topological polar surface area (TPSA) is 84.2 Å². The maximum Gasteiger partial charge on any atom is 0.256 e. The molecule has 1 aliphatic rings. The van der Waals surface area contributed by atoms with Gasteiger partial charge in [0.1, 0.15) is 6.33 Å². The van der Waals surface area contributed by atoms with Crippen molar-refractivity contribution in [3.05, 3.63) is 72.1 Å². The lowest BCUT2D eigenvalue weighted by Crippen LogP contribution is -2.50. The van der Waals surface area contributed by atoms with Crippen LogP contribution in [0.3, 0.4) is 0 Å². The molecular weight excluding hydrogens is 344 g/mol. The number of amides is 2. The molecule has 0 atom stereocenters. The van der Waals surface area contributed by atoms with Crippen LogP contribution in [0.5, 0.6) is 0 Å². The van der Waals surface area contributed by atoms with Crippen LogP contribution in [0.1, 0.15) is 20.7 Å². The summed E-state index contributed by atoms with van der Waals surface area (Å²) in [6, 6.07) is 16.4. The number of tetrazole rings is 1. The van der Waals surface area contributed by atoms with Crippen LogP contribution >= 0.6 is 0 Å². The van der Waals surface area contributed by atoms with Crippen molar-refractivity contribution in [1.29, 1.82) is 0 Å². The maximum absolute atomic E-state index is 13.0. The van der Waals surface area contributed by atoms with Crippen LogP contribution in [0.25, 0.3) is 5.69 Å². The molecule has 0 saturated carbocycles. The summed E-state index contributed by atoms with van der Waals surface area (Å²) >= 11 is 0. The van der Waals surface area contributed by atoms with Gasteiger partial charge in [-0.3, -0.25) is 9.59 Å². The van der Waals surface area contributed by atoms with E-state index < -0.39 is 0 Å². The van der Waals surface area contributed by atoms with Gasteiger partial charge in [-0.25, -0.2) is 0 Å². The number of rotatable bonds is 3. The summed E-state index contributed by atoms with van der Waals surface area (Å²) in [6.07, 6.45) is 1.46. The molecule has 136 valence electrons. The molecule has 4 rings (SSSR count). The van der Waals surface area contributed by atoms with Gasteiger partial charge < -0.3 is 9.80 Å². The molecule has 1 fully saturated rings. The highest BCUT2D eigenvalue weighted by Gasteiger charge is 2.26. The van der Waals surface area contributed by atoms with E-state index in [4.69, 9.17) is 0 Å². The molecule has 1 aliphatic heterocycles. The van der Waals surface area contributed by atoms with Crippen LogP contribution in [0.4, 0.5) is 0 Å². The van der Waals surface area contributed by atoms with Crippen molar-refractivity contribution in [3.63, 3.8) is 0 Å². The summed E-state index contributed by atoms with van der Waals surface area (Å²) in [5.74, 6) is -0.0929. The van der Waals surface area contributed by atoms with Gasteiger partial charge in [-0.15, -0.1) is 5.10 Å². The third-order valence-electron chi connectivity index (χ3n) is 4.61. The van der Waals surface area contributed by atoms with E-state index in [-0.39, 0.29) is 11.8 Å². The van der Waals surface area contributed by atoms with Crippen LogP contribution in [0, 0.1) is 0 Å². The highest BCUT2D eigenvalue weighted by atomic mass is 16.2. The van der Waals surface area contributed by atoms with E-state index in [1.807, 2.05) is 42.5 Å². The molecule has 0 N–H and O–H groups in total. The van der Waals surface area contributed by atoms with E-state index >= 15 is 0 Å². The van der Waals surface area contributed by atoms with Crippen molar-refractivity contribution < 1.29 is 9.59 Å². The Morgan fingerprint density at radius 3 is 2.07 bits per heavy atom. The molecule has 3 aromatic rings. The average molecular weight is 362 g/mol. The van der Waals surface area contributed by atoms with Crippen molar-refractivity contribution >= 4 is 11.8 Å². The van der Waals surface area contributed by atoms with Crippen molar-refractivity contribution in [3.8, 4) is 5.69 Å². The van der Waals surface area contributed by atoms with Crippen molar-refractivity contribution in [2.45, 2.75) is 0 Å². The number of para-hydroxylation sites is 1. The lowest BCUT2D eigenvalue weighted by molar-refractivity contribution is 0.0535. The van der Waals surface area contributed by atoms with Crippen molar-refractivity contribution in [2.24, 2.45) is 0 Å². The smallest absolute Gasteiger partial charge is 0.256 e. The molecule has 0 radical (unpaired) electrons. The minimum absolute atomic E-state index is 0.00297.